The predicted molar refractivity (Wildman–Crippen MR) is 41.4 cm³/mol. The maximum absolute atomic E-state index is 4.86. The zero-order valence-corrected chi connectivity index (χ0v) is 7.69. The lowest BCUT2D eigenvalue weighted by Crippen LogP contribution is -2.19. The van der Waals surface area contributed by atoms with Gasteiger partial charge in [-0.3, -0.25) is 4.66 Å². The maximum Gasteiger partial charge on any atom is 0.226 e. The topological polar surface area (TPSA) is 30.8 Å². The van der Waals surface area contributed by atoms with E-state index in [0.717, 1.165) is 0 Å². The van der Waals surface area contributed by atoms with Gasteiger partial charge in [-0.15, -0.1) is 0 Å². The van der Waals surface area contributed by atoms with Crippen LogP contribution < -0.4 is 0 Å². The zero-order valence-electron chi connectivity index (χ0n) is 5.46. The van der Waals surface area contributed by atoms with E-state index in [9.17, 15) is 0 Å². The molecule has 0 aromatic rings. The summed E-state index contributed by atoms with van der Waals surface area (Å²) >= 11 is 4.37. The Balaban J connectivity index is 3.42. The number of ether oxygens (including phenoxy) is 2. The van der Waals surface area contributed by atoms with Crippen molar-refractivity contribution in [3.05, 3.63) is 0 Å². The SMILES string of the molecule is COC(OC)[SiH2]N=C=S. The van der Waals surface area contributed by atoms with Crippen LogP contribution in [0.3, 0.4) is 0 Å². The van der Waals surface area contributed by atoms with E-state index in [0.29, 0.717) is 0 Å². The Morgan fingerprint density at radius 1 is 1.56 bits per heavy atom. The van der Waals surface area contributed by atoms with Crippen LogP contribution in [0.5, 0.6) is 0 Å². The molecule has 0 fully saturated rings. The van der Waals surface area contributed by atoms with Crippen LogP contribution in [-0.2, 0) is 9.47 Å². The van der Waals surface area contributed by atoms with Crippen molar-refractivity contribution in [2.24, 2.45) is 4.66 Å². The summed E-state index contributed by atoms with van der Waals surface area (Å²) in [5.41, 5.74) is 0. The number of hydrogen-bond donors (Lipinski definition) is 0. The zero-order chi connectivity index (χ0) is 7.11. The minimum atomic E-state index is -0.709. The number of rotatable bonds is 4. The van der Waals surface area contributed by atoms with E-state index in [1.165, 1.54) is 0 Å². The van der Waals surface area contributed by atoms with Gasteiger partial charge < -0.3 is 9.47 Å². The van der Waals surface area contributed by atoms with E-state index >= 15 is 0 Å². The molecular weight excluding hydrogens is 154 g/mol. The molecule has 0 atom stereocenters. The molecule has 9 heavy (non-hydrogen) atoms. The first-order chi connectivity index (χ1) is 4.35. The monoisotopic (exact) mass is 163 g/mol. The molecule has 5 heteroatoms. The summed E-state index contributed by atoms with van der Waals surface area (Å²) in [5, 5.41) is 2.28. The standard InChI is InChI=1S/C4H9NO2SSi/c1-6-4(7-2)9-5-3-8/h4H,9H2,1-2H3. The highest BCUT2D eigenvalue weighted by molar-refractivity contribution is 7.78. The lowest BCUT2D eigenvalue weighted by atomic mass is 11.3. The number of isothiocyanates is 1. The second-order valence-corrected chi connectivity index (χ2v) is 2.86. The van der Waals surface area contributed by atoms with Gasteiger partial charge in [-0.25, -0.2) is 0 Å². The van der Waals surface area contributed by atoms with E-state index < -0.39 is 9.68 Å². The molecule has 0 aliphatic carbocycles. The first kappa shape index (κ1) is 8.94. The Labute approximate surface area is 62.0 Å². The Hall–Kier alpha value is -0.0631. The predicted octanol–water partition coefficient (Wildman–Crippen LogP) is -0.251. The minimum absolute atomic E-state index is 0.152. The van der Waals surface area contributed by atoms with E-state index in [2.05, 4.69) is 22.0 Å². The second kappa shape index (κ2) is 6.06. The smallest absolute Gasteiger partial charge is 0.226 e. The van der Waals surface area contributed by atoms with Gasteiger partial charge in [0.05, 0.1) is 0 Å². The van der Waals surface area contributed by atoms with Gasteiger partial charge in [-0.05, 0) is 12.2 Å². The Kier molecular flexibility index (Phi) is 6.02. The van der Waals surface area contributed by atoms with Crippen LogP contribution in [0.15, 0.2) is 4.66 Å². The van der Waals surface area contributed by atoms with Gasteiger partial charge >= 0.3 is 0 Å². The van der Waals surface area contributed by atoms with Gasteiger partial charge in [0.2, 0.25) is 9.68 Å². The molecular formula is C4H9NO2SSi. The maximum atomic E-state index is 4.86. The van der Waals surface area contributed by atoms with Crippen LogP contribution in [0.4, 0.5) is 0 Å². The van der Waals surface area contributed by atoms with Crippen molar-refractivity contribution in [1.82, 2.24) is 0 Å². The largest absolute Gasteiger partial charge is 0.358 e. The van der Waals surface area contributed by atoms with Crippen LogP contribution >= 0.6 is 12.2 Å². The third kappa shape index (κ3) is 4.44. The fraction of sp³-hybridized carbons (Fsp3) is 0.750. The lowest BCUT2D eigenvalue weighted by molar-refractivity contribution is -0.0439. The molecule has 52 valence electrons. The molecule has 0 aromatic carbocycles. The first-order valence-corrected chi connectivity index (χ1v) is 4.30. The molecule has 0 aliphatic heterocycles. The summed E-state index contributed by atoms with van der Waals surface area (Å²) in [5.74, 6) is -0.152. The van der Waals surface area contributed by atoms with E-state index in [4.69, 9.17) is 9.47 Å². The number of methoxy groups -OCH3 is 2. The summed E-state index contributed by atoms with van der Waals surface area (Å²) < 4.78 is 13.5. The summed E-state index contributed by atoms with van der Waals surface area (Å²) in [6, 6.07) is 0. The average molecular weight is 163 g/mol. The Morgan fingerprint density at radius 3 is 2.44 bits per heavy atom. The lowest BCUT2D eigenvalue weighted by Gasteiger charge is -2.07. The molecule has 0 amide bonds. The molecule has 0 aromatic heterocycles. The van der Waals surface area contributed by atoms with Crippen molar-refractivity contribution in [3.63, 3.8) is 0 Å². The molecule has 0 radical (unpaired) electrons. The van der Waals surface area contributed by atoms with Crippen molar-refractivity contribution in [2.45, 2.75) is 5.91 Å². The van der Waals surface area contributed by atoms with Gasteiger partial charge in [-0.1, -0.05) is 0 Å². The fourth-order valence-corrected chi connectivity index (χ4v) is 1.10. The molecule has 0 unspecified atom stereocenters. The average Bonchev–Trinajstić information content (AvgIpc) is 1.91. The number of hydrogen-bond acceptors (Lipinski definition) is 4. The highest BCUT2D eigenvalue weighted by Crippen LogP contribution is 1.86. The van der Waals surface area contributed by atoms with Gasteiger partial charge in [0.25, 0.3) is 0 Å². The molecule has 0 saturated carbocycles. The van der Waals surface area contributed by atoms with Crippen LogP contribution in [0.25, 0.3) is 0 Å². The molecule has 0 N–H and O–H groups in total. The molecule has 0 spiro atoms. The van der Waals surface area contributed by atoms with Crippen LogP contribution in [0.1, 0.15) is 0 Å². The highest BCUT2D eigenvalue weighted by atomic mass is 32.1. The molecule has 0 bridgehead atoms. The summed E-state index contributed by atoms with van der Waals surface area (Å²) in [7, 11) is 2.46. The van der Waals surface area contributed by atoms with Crippen molar-refractivity contribution >= 4 is 27.1 Å². The molecule has 0 aliphatic rings. The van der Waals surface area contributed by atoms with Gasteiger partial charge in [-0.2, -0.15) is 0 Å². The second-order valence-electron chi connectivity index (χ2n) is 1.33. The van der Waals surface area contributed by atoms with Gasteiger partial charge in [0, 0.05) is 19.4 Å². The van der Waals surface area contributed by atoms with Crippen LogP contribution in [0, 0.1) is 0 Å². The van der Waals surface area contributed by atoms with E-state index in [1.54, 1.807) is 14.2 Å². The van der Waals surface area contributed by atoms with Gasteiger partial charge in [0.15, 0.2) is 5.91 Å². The first-order valence-electron chi connectivity index (χ1n) is 2.44. The third-order valence-corrected chi connectivity index (χ3v) is 2.49. The van der Waals surface area contributed by atoms with Crippen molar-refractivity contribution in [2.75, 3.05) is 14.2 Å². The van der Waals surface area contributed by atoms with Crippen LogP contribution in [-0.4, -0.2) is 35.0 Å². The number of nitrogens with zero attached hydrogens (tertiary/aromatic N) is 1. The highest BCUT2D eigenvalue weighted by Gasteiger charge is 2.01. The molecule has 0 heterocycles. The molecule has 3 nitrogen and oxygen atoms in total. The van der Waals surface area contributed by atoms with E-state index in [1.807, 2.05) is 0 Å². The summed E-state index contributed by atoms with van der Waals surface area (Å²) in [6.07, 6.45) is 0. The molecule has 0 rings (SSSR count). The Bertz CT molecular complexity index is 111. The fourth-order valence-electron chi connectivity index (χ4n) is 0.357. The van der Waals surface area contributed by atoms with Crippen molar-refractivity contribution in [3.8, 4) is 0 Å². The third-order valence-electron chi connectivity index (χ3n) is 0.831. The van der Waals surface area contributed by atoms with Crippen molar-refractivity contribution < 1.29 is 9.47 Å². The molecule has 0 saturated heterocycles. The van der Waals surface area contributed by atoms with Crippen molar-refractivity contribution in [1.29, 1.82) is 0 Å². The summed E-state index contributed by atoms with van der Waals surface area (Å²) in [4.78, 5) is 0. The van der Waals surface area contributed by atoms with Gasteiger partial charge in [0.1, 0.15) is 0 Å². The van der Waals surface area contributed by atoms with Crippen LogP contribution in [0.2, 0.25) is 0 Å². The quantitative estimate of drug-likeness (QED) is 0.248. The minimum Gasteiger partial charge on any atom is -0.358 e. The van der Waals surface area contributed by atoms with E-state index in [-0.39, 0.29) is 5.91 Å². The number of thiocarbonyl (C=S) groups is 1. The normalized spacial score (nSPS) is 10.6. The summed E-state index contributed by atoms with van der Waals surface area (Å²) in [6.45, 7) is 0. The Morgan fingerprint density at radius 2 is 2.11 bits per heavy atom.